The van der Waals surface area contributed by atoms with E-state index in [0.29, 0.717) is 0 Å². The van der Waals surface area contributed by atoms with Crippen molar-refractivity contribution in [1.82, 2.24) is 10.2 Å². The molecule has 5 nitrogen and oxygen atoms in total. The fraction of sp³-hybridized carbons (Fsp3) is 0.588. The molecule has 2 aliphatic rings. The number of benzene rings is 1. The largest absolute Gasteiger partial charge is 0.379 e. The lowest BCUT2D eigenvalue weighted by molar-refractivity contribution is -0.120. The molecule has 1 aromatic rings. The Balaban J connectivity index is 1.51. The predicted octanol–water partition coefficient (Wildman–Crippen LogP) is 1.46. The van der Waals surface area contributed by atoms with E-state index < -0.39 is 0 Å². The van der Waals surface area contributed by atoms with E-state index in [2.05, 4.69) is 27.7 Å². The second-order valence-electron chi connectivity index (χ2n) is 6.12. The van der Waals surface area contributed by atoms with Crippen molar-refractivity contribution in [3.05, 3.63) is 29.8 Å². The molecule has 1 amide bonds. The van der Waals surface area contributed by atoms with E-state index in [4.69, 9.17) is 4.74 Å². The van der Waals surface area contributed by atoms with Gasteiger partial charge in [0.25, 0.3) is 0 Å². The number of anilines is 1. The number of piperidine rings is 1. The van der Waals surface area contributed by atoms with Crippen LogP contribution in [0.25, 0.3) is 0 Å². The highest BCUT2D eigenvalue weighted by molar-refractivity contribution is 5.92. The minimum atomic E-state index is 0.0989. The molecule has 1 unspecified atom stereocenters. The molecule has 2 saturated heterocycles. The van der Waals surface area contributed by atoms with Crippen LogP contribution in [-0.4, -0.2) is 50.2 Å². The molecule has 2 fully saturated rings. The van der Waals surface area contributed by atoms with Gasteiger partial charge in [-0.3, -0.25) is 9.69 Å². The molecule has 1 aromatic carbocycles. The number of carbonyl (C=O) groups is 1. The maximum Gasteiger partial charge on any atom is 0.228 e. The van der Waals surface area contributed by atoms with Crippen LogP contribution in [-0.2, 0) is 16.1 Å². The Morgan fingerprint density at radius 1 is 1.27 bits per heavy atom. The molecule has 2 N–H and O–H groups in total. The fourth-order valence-corrected chi connectivity index (χ4v) is 3.03. The number of nitrogens with zero attached hydrogens (tertiary/aromatic N) is 1. The van der Waals surface area contributed by atoms with Gasteiger partial charge in [0, 0.05) is 31.9 Å². The number of ether oxygens (including phenoxy) is 1. The van der Waals surface area contributed by atoms with E-state index in [1.54, 1.807) is 0 Å². The Hall–Kier alpha value is -1.43. The monoisotopic (exact) mass is 303 g/mol. The summed E-state index contributed by atoms with van der Waals surface area (Å²) in [6.45, 7) is 6.40. The molecule has 1 atom stereocenters. The first kappa shape index (κ1) is 15.5. The third-order valence-electron chi connectivity index (χ3n) is 4.40. The Labute approximate surface area is 132 Å². The van der Waals surface area contributed by atoms with Crippen molar-refractivity contribution >= 4 is 11.6 Å². The lowest BCUT2D eigenvalue weighted by Gasteiger charge is -2.26. The SMILES string of the molecule is O=C(Nc1ccc(CN2CCOCC2)cc1)C1CCCNC1. The predicted molar refractivity (Wildman–Crippen MR) is 86.8 cm³/mol. The first-order valence-corrected chi connectivity index (χ1v) is 8.22. The summed E-state index contributed by atoms with van der Waals surface area (Å²) >= 11 is 0. The highest BCUT2D eigenvalue weighted by Gasteiger charge is 2.20. The van der Waals surface area contributed by atoms with Gasteiger partial charge < -0.3 is 15.4 Å². The van der Waals surface area contributed by atoms with Crippen LogP contribution in [0.3, 0.4) is 0 Å². The third kappa shape index (κ3) is 4.29. The first-order chi connectivity index (χ1) is 10.8. The summed E-state index contributed by atoms with van der Waals surface area (Å²) in [4.78, 5) is 14.6. The minimum Gasteiger partial charge on any atom is -0.379 e. The topological polar surface area (TPSA) is 53.6 Å². The van der Waals surface area contributed by atoms with E-state index in [9.17, 15) is 4.79 Å². The number of morpholine rings is 1. The van der Waals surface area contributed by atoms with Crippen molar-refractivity contribution in [1.29, 1.82) is 0 Å². The van der Waals surface area contributed by atoms with E-state index in [1.807, 2.05) is 12.1 Å². The Morgan fingerprint density at radius 2 is 2.05 bits per heavy atom. The van der Waals surface area contributed by atoms with Gasteiger partial charge in [-0.25, -0.2) is 0 Å². The van der Waals surface area contributed by atoms with E-state index in [-0.39, 0.29) is 11.8 Å². The smallest absolute Gasteiger partial charge is 0.228 e. The van der Waals surface area contributed by atoms with Crippen LogP contribution in [0.1, 0.15) is 18.4 Å². The lowest BCUT2D eigenvalue weighted by atomic mass is 9.99. The molecular formula is C17H25N3O2. The summed E-state index contributed by atoms with van der Waals surface area (Å²) in [5.41, 5.74) is 2.17. The molecule has 0 saturated carbocycles. The molecule has 5 heteroatoms. The van der Waals surface area contributed by atoms with Crippen LogP contribution in [0.5, 0.6) is 0 Å². The van der Waals surface area contributed by atoms with Crippen LogP contribution in [0.2, 0.25) is 0 Å². The zero-order valence-electron chi connectivity index (χ0n) is 13.0. The number of hydrogen-bond donors (Lipinski definition) is 2. The van der Waals surface area contributed by atoms with Crippen molar-refractivity contribution < 1.29 is 9.53 Å². The van der Waals surface area contributed by atoms with Crippen molar-refractivity contribution in [3.63, 3.8) is 0 Å². The van der Waals surface area contributed by atoms with Gasteiger partial charge in [0.15, 0.2) is 0 Å². The number of rotatable bonds is 4. The summed E-state index contributed by atoms with van der Waals surface area (Å²) in [6.07, 6.45) is 2.06. The number of nitrogens with one attached hydrogen (secondary N) is 2. The normalized spacial score (nSPS) is 23.2. The molecule has 0 bridgehead atoms. The molecule has 0 aliphatic carbocycles. The summed E-state index contributed by atoms with van der Waals surface area (Å²) in [6, 6.07) is 8.21. The molecule has 2 heterocycles. The van der Waals surface area contributed by atoms with Gasteiger partial charge in [-0.2, -0.15) is 0 Å². The standard InChI is InChI=1S/C17H25N3O2/c21-17(15-2-1-7-18-12-15)19-16-5-3-14(4-6-16)13-20-8-10-22-11-9-20/h3-6,15,18H,1-2,7-13H2,(H,19,21). The zero-order chi connectivity index (χ0) is 15.2. The maximum absolute atomic E-state index is 12.2. The second-order valence-corrected chi connectivity index (χ2v) is 6.12. The third-order valence-corrected chi connectivity index (χ3v) is 4.40. The van der Waals surface area contributed by atoms with E-state index in [1.165, 1.54) is 5.56 Å². The number of amides is 1. The lowest BCUT2D eigenvalue weighted by Crippen LogP contribution is -2.37. The molecule has 0 spiro atoms. The van der Waals surface area contributed by atoms with Crippen molar-refractivity contribution in [2.24, 2.45) is 5.92 Å². The molecule has 120 valence electrons. The average molecular weight is 303 g/mol. The van der Waals surface area contributed by atoms with Gasteiger partial charge in [-0.15, -0.1) is 0 Å². The van der Waals surface area contributed by atoms with Crippen LogP contribution in [0.4, 0.5) is 5.69 Å². The van der Waals surface area contributed by atoms with Gasteiger partial charge in [-0.1, -0.05) is 12.1 Å². The molecule has 22 heavy (non-hydrogen) atoms. The average Bonchev–Trinajstić information content (AvgIpc) is 2.58. The number of hydrogen-bond acceptors (Lipinski definition) is 4. The van der Waals surface area contributed by atoms with Crippen molar-refractivity contribution in [2.75, 3.05) is 44.7 Å². The van der Waals surface area contributed by atoms with Gasteiger partial charge in [0.1, 0.15) is 0 Å². The van der Waals surface area contributed by atoms with Crippen LogP contribution < -0.4 is 10.6 Å². The summed E-state index contributed by atoms with van der Waals surface area (Å²) in [5.74, 6) is 0.231. The quantitative estimate of drug-likeness (QED) is 0.884. The molecule has 0 radical (unpaired) electrons. The molecular weight excluding hydrogens is 278 g/mol. The van der Waals surface area contributed by atoms with Gasteiger partial charge >= 0.3 is 0 Å². The summed E-state index contributed by atoms with van der Waals surface area (Å²) in [5, 5.41) is 6.31. The molecule has 3 rings (SSSR count). The van der Waals surface area contributed by atoms with Gasteiger partial charge in [0.2, 0.25) is 5.91 Å². The van der Waals surface area contributed by atoms with Gasteiger partial charge in [0.05, 0.1) is 19.1 Å². The maximum atomic E-state index is 12.2. The van der Waals surface area contributed by atoms with Crippen molar-refractivity contribution in [3.8, 4) is 0 Å². The van der Waals surface area contributed by atoms with Gasteiger partial charge in [-0.05, 0) is 37.1 Å². The minimum absolute atomic E-state index is 0.0989. The summed E-state index contributed by atoms with van der Waals surface area (Å²) < 4.78 is 5.36. The Kier molecular flexibility index (Phi) is 5.43. The molecule has 2 aliphatic heterocycles. The molecule has 0 aromatic heterocycles. The first-order valence-electron chi connectivity index (χ1n) is 8.22. The second kappa shape index (κ2) is 7.72. The Bertz CT molecular complexity index is 477. The van der Waals surface area contributed by atoms with Crippen LogP contribution in [0, 0.1) is 5.92 Å². The van der Waals surface area contributed by atoms with Crippen molar-refractivity contribution in [2.45, 2.75) is 19.4 Å². The zero-order valence-corrected chi connectivity index (χ0v) is 13.0. The summed E-state index contributed by atoms with van der Waals surface area (Å²) in [7, 11) is 0. The number of carbonyl (C=O) groups excluding carboxylic acids is 1. The van der Waals surface area contributed by atoms with E-state index in [0.717, 1.165) is 64.5 Å². The highest BCUT2D eigenvalue weighted by Crippen LogP contribution is 2.16. The van der Waals surface area contributed by atoms with E-state index >= 15 is 0 Å². The Morgan fingerprint density at radius 3 is 2.73 bits per heavy atom. The fourth-order valence-electron chi connectivity index (χ4n) is 3.03. The highest BCUT2D eigenvalue weighted by atomic mass is 16.5. The van der Waals surface area contributed by atoms with Crippen LogP contribution in [0.15, 0.2) is 24.3 Å². The van der Waals surface area contributed by atoms with Crippen LogP contribution >= 0.6 is 0 Å².